The van der Waals surface area contributed by atoms with Crippen LogP contribution in [-0.4, -0.2) is 56.8 Å². The minimum atomic E-state index is -1.17. The minimum Gasteiger partial charge on any atom is -0.466 e. The van der Waals surface area contributed by atoms with Crippen molar-refractivity contribution >= 4 is 42.2 Å². The first kappa shape index (κ1) is 31.2. The van der Waals surface area contributed by atoms with Crippen molar-refractivity contribution in [1.29, 1.82) is 0 Å². The Morgan fingerprint density at radius 2 is 1.95 bits per heavy atom. The molecular formula is C31H43N7O3SSi. The van der Waals surface area contributed by atoms with E-state index in [1.54, 1.807) is 22.2 Å². The van der Waals surface area contributed by atoms with Crippen LogP contribution in [0.1, 0.15) is 62.8 Å². The number of pyridine rings is 2. The maximum Gasteiger partial charge on any atom is 0.307 e. The third-order valence-corrected chi connectivity index (χ3v) is 10.4. The monoisotopic (exact) mass is 621 g/mol. The first-order valence-electron chi connectivity index (χ1n) is 15.4. The maximum absolute atomic E-state index is 12.0. The van der Waals surface area contributed by atoms with Crippen molar-refractivity contribution in [1.82, 2.24) is 29.5 Å². The smallest absolute Gasteiger partial charge is 0.307 e. The average Bonchev–Trinajstić information content (AvgIpc) is 3.75. The maximum atomic E-state index is 12.0. The Morgan fingerprint density at radius 1 is 1.12 bits per heavy atom. The summed E-state index contributed by atoms with van der Waals surface area (Å²) in [7, 11) is -1.17. The fraction of sp³-hybridized carbons (Fsp3) is 0.548. The summed E-state index contributed by atoms with van der Waals surface area (Å²) in [6.45, 7) is 11.2. The molecule has 1 saturated carbocycles. The number of aryl methyl sites for hydroxylation is 1. The molecule has 4 aromatic rings. The van der Waals surface area contributed by atoms with Gasteiger partial charge in [-0.3, -0.25) is 14.5 Å². The lowest BCUT2D eigenvalue weighted by Gasteiger charge is -2.15. The van der Waals surface area contributed by atoms with Crippen LogP contribution in [0.15, 0.2) is 41.8 Å². The molecule has 1 aliphatic rings. The average molecular weight is 622 g/mol. The number of hydrogen-bond acceptors (Lipinski definition) is 9. The number of ether oxygens (including phenoxy) is 2. The number of aromatic nitrogens is 6. The molecule has 0 spiro atoms. The largest absolute Gasteiger partial charge is 0.466 e. The highest BCUT2D eigenvalue weighted by molar-refractivity contribution is 7.08. The Labute approximate surface area is 258 Å². The van der Waals surface area contributed by atoms with Crippen LogP contribution in [0.3, 0.4) is 0 Å². The van der Waals surface area contributed by atoms with Gasteiger partial charge in [0.05, 0.1) is 36.8 Å². The van der Waals surface area contributed by atoms with E-state index in [0.717, 1.165) is 57.5 Å². The van der Waals surface area contributed by atoms with E-state index in [-0.39, 0.29) is 12.4 Å². The van der Waals surface area contributed by atoms with Gasteiger partial charge in [0, 0.05) is 44.1 Å². The van der Waals surface area contributed by atoms with Crippen molar-refractivity contribution in [3.8, 4) is 11.1 Å². The molecule has 1 aliphatic carbocycles. The van der Waals surface area contributed by atoms with Crippen LogP contribution in [0.2, 0.25) is 25.7 Å². The number of fused-ring (bicyclic) bond motifs is 1. The van der Waals surface area contributed by atoms with Gasteiger partial charge in [0.1, 0.15) is 11.7 Å². The second-order valence-electron chi connectivity index (χ2n) is 12.4. The minimum absolute atomic E-state index is 0.200. The van der Waals surface area contributed by atoms with Gasteiger partial charge in [-0.2, -0.15) is 15.2 Å². The van der Waals surface area contributed by atoms with Gasteiger partial charge < -0.3 is 9.47 Å². The molecule has 4 heterocycles. The summed E-state index contributed by atoms with van der Waals surface area (Å²) in [5, 5.41) is 10.5. The molecule has 0 aliphatic heterocycles. The van der Waals surface area contributed by atoms with E-state index in [2.05, 4.69) is 36.6 Å². The number of hydrogen-bond donors (Lipinski definition) is 0. The Morgan fingerprint density at radius 3 is 2.74 bits per heavy atom. The van der Waals surface area contributed by atoms with Crippen LogP contribution >= 0.6 is 11.3 Å². The predicted molar refractivity (Wildman–Crippen MR) is 172 cm³/mol. The number of nitrogens with zero attached hydrogens (tertiary/aromatic N) is 7. The number of carbonyl (C=O) groups is 1. The molecule has 230 valence electrons. The number of rotatable bonds is 14. The molecule has 10 nitrogen and oxygen atoms in total. The molecule has 0 amide bonds. The van der Waals surface area contributed by atoms with Gasteiger partial charge in [0.2, 0.25) is 4.80 Å². The van der Waals surface area contributed by atoms with Gasteiger partial charge in [0.15, 0.2) is 5.82 Å². The van der Waals surface area contributed by atoms with E-state index in [1.165, 1.54) is 25.7 Å². The van der Waals surface area contributed by atoms with E-state index in [9.17, 15) is 4.79 Å². The van der Waals surface area contributed by atoms with E-state index in [4.69, 9.17) is 24.5 Å². The summed E-state index contributed by atoms with van der Waals surface area (Å²) in [5.74, 6) is 0.918. The van der Waals surface area contributed by atoms with Crippen molar-refractivity contribution in [3.05, 3.63) is 46.6 Å². The van der Waals surface area contributed by atoms with E-state index < -0.39 is 8.07 Å². The SMILES string of the molecule is CCCCOC(=O)CCn1cc(-c2cnc3ccc(N=c4sc(C5CCCC5)nn4COCC[Si](C)(C)C)nc3c2)cn1. The lowest BCUT2D eigenvalue weighted by Crippen LogP contribution is -2.24. The van der Waals surface area contributed by atoms with Gasteiger partial charge in [0.25, 0.3) is 0 Å². The van der Waals surface area contributed by atoms with Crippen molar-refractivity contribution in [3.63, 3.8) is 0 Å². The van der Waals surface area contributed by atoms with Crippen LogP contribution < -0.4 is 4.80 Å². The molecule has 0 atom stereocenters. The Balaban J connectivity index is 1.33. The summed E-state index contributed by atoms with van der Waals surface area (Å²) in [5.41, 5.74) is 3.36. The molecule has 0 N–H and O–H groups in total. The normalized spacial score (nSPS) is 14.7. The first-order chi connectivity index (χ1) is 20.8. The second kappa shape index (κ2) is 14.5. The Kier molecular flexibility index (Phi) is 10.5. The Hall–Kier alpha value is -3.22. The number of esters is 1. The summed E-state index contributed by atoms with van der Waals surface area (Å²) in [6, 6.07) is 6.97. The van der Waals surface area contributed by atoms with Gasteiger partial charge in [-0.1, -0.05) is 57.2 Å². The molecule has 0 unspecified atom stereocenters. The fourth-order valence-electron chi connectivity index (χ4n) is 4.92. The molecule has 1 fully saturated rings. The standard InChI is InChI=1S/C31H43N7O3SSi/c1-5-6-15-41-29(39)13-14-37-21-25(20-33-37)24-18-27-26(32-19-24)11-12-28(34-27)35-31-38(22-40-16-17-43(2,3)4)36-30(42-31)23-9-7-8-10-23/h11-12,18-21,23H,5-10,13-17,22H2,1-4H3. The topological polar surface area (TPSA) is 109 Å². The zero-order chi connectivity index (χ0) is 30.2. The second-order valence-corrected chi connectivity index (χ2v) is 19.0. The van der Waals surface area contributed by atoms with Gasteiger partial charge in [-0.25, -0.2) is 9.67 Å². The quantitative estimate of drug-likeness (QED) is 0.0877. The highest BCUT2D eigenvalue weighted by Gasteiger charge is 2.22. The molecule has 4 aromatic heterocycles. The van der Waals surface area contributed by atoms with Gasteiger partial charge in [-0.05, 0) is 43.5 Å². The highest BCUT2D eigenvalue weighted by atomic mass is 32.1. The zero-order valence-corrected chi connectivity index (χ0v) is 27.6. The zero-order valence-electron chi connectivity index (χ0n) is 25.8. The summed E-state index contributed by atoms with van der Waals surface area (Å²) in [4.78, 5) is 27.2. The third kappa shape index (κ3) is 8.90. The fourth-order valence-corrected chi connectivity index (χ4v) is 6.74. The third-order valence-electron chi connectivity index (χ3n) is 7.56. The lowest BCUT2D eigenvalue weighted by atomic mass is 10.1. The van der Waals surface area contributed by atoms with Crippen LogP contribution in [0.25, 0.3) is 22.2 Å². The van der Waals surface area contributed by atoms with E-state index in [1.807, 2.05) is 35.3 Å². The van der Waals surface area contributed by atoms with Gasteiger partial charge in [-0.15, -0.1) is 0 Å². The molecule has 0 bridgehead atoms. The van der Waals surface area contributed by atoms with Crippen LogP contribution in [0.4, 0.5) is 5.82 Å². The lowest BCUT2D eigenvalue weighted by molar-refractivity contribution is -0.144. The van der Waals surface area contributed by atoms with Crippen molar-refractivity contribution in [2.75, 3.05) is 13.2 Å². The first-order valence-corrected chi connectivity index (χ1v) is 20.0. The van der Waals surface area contributed by atoms with Gasteiger partial charge >= 0.3 is 5.97 Å². The highest BCUT2D eigenvalue weighted by Crippen LogP contribution is 2.34. The number of unbranched alkanes of at least 4 members (excludes halogenated alkanes) is 1. The summed E-state index contributed by atoms with van der Waals surface area (Å²) >= 11 is 1.65. The Bertz CT molecular complexity index is 1580. The molecule has 12 heteroatoms. The predicted octanol–water partition coefficient (Wildman–Crippen LogP) is 6.69. The van der Waals surface area contributed by atoms with Crippen LogP contribution in [-0.2, 0) is 27.5 Å². The molecule has 0 aromatic carbocycles. The summed E-state index contributed by atoms with van der Waals surface area (Å²) < 4.78 is 15.0. The van der Waals surface area contributed by atoms with E-state index >= 15 is 0 Å². The molecule has 5 rings (SSSR count). The molecular weight excluding hydrogens is 579 g/mol. The van der Waals surface area contributed by atoms with E-state index in [0.29, 0.717) is 31.6 Å². The molecule has 43 heavy (non-hydrogen) atoms. The van der Waals surface area contributed by atoms with Crippen molar-refractivity contribution < 1.29 is 14.3 Å². The summed E-state index contributed by atoms with van der Waals surface area (Å²) in [6.07, 6.45) is 12.6. The molecule has 0 saturated heterocycles. The van der Waals surface area contributed by atoms with Crippen molar-refractivity contribution in [2.45, 2.75) is 96.7 Å². The van der Waals surface area contributed by atoms with Crippen LogP contribution in [0, 0.1) is 0 Å². The van der Waals surface area contributed by atoms with Crippen LogP contribution in [0.5, 0.6) is 0 Å². The number of carbonyl (C=O) groups excluding carboxylic acids is 1. The van der Waals surface area contributed by atoms with Crippen molar-refractivity contribution in [2.24, 2.45) is 4.99 Å². The molecule has 0 radical (unpaired) electrons.